The quantitative estimate of drug-likeness (QED) is 0.525. The van der Waals surface area contributed by atoms with Crippen molar-refractivity contribution in [3.8, 4) is 0 Å². The van der Waals surface area contributed by atoms with Gasteiger partial charge in [0.25, 0.3) is 0 Å². The molecule has 0 saturated carbocycles. The van der Waals surface area contributed by atoms with Crippen molar-refractivity contribution < 1.29 is 8.76 Å². The summed E-state index contributed by atoms with van der Waals surface area (Å²) in [5.41, 5.74) is 0. The van der Waals surface area contributed by atoms with Crippen LogP contribution in [0.15, 0.2) is 0 Å². The van der Waals surface area contributed by atoms with Gasteiger partial charge >= 0.3 is 0 Å². The second kappa shape index (κ2) is 6.48. The van der Waals surface area contributed by atoms with E-state index in [0.29, 0.717) is 0 Å². The molecule has 0 radical (unpaired) electrons. The lowest BCUT2D eigenvalue weighted by atomic mass is 10.2. The van der Waals surface area contributed by atoms with E-state index in [9.17, 15) is 8.76 Å². The minimum Gasteiger partial charge on any atom is -0.759 e. The maximum absolute atomic E-state index is 10.5. The van der Waals surface area contributed by atoms with Crippen LogP contribution in [-0.4, -0.2) is 25.9 Å². The molecule has 0 bridgehead atoms. The SMILES string of the molecule is CCC(C)N(NS(=O)[O-])C(C)CC. The smallest absolute Gasteiger partial charge is 0.0326 e. The third-order valence-corrected chi connectivity index (χ3v) is 2.67. The molecule has 0 saturated heterocycles. The van der Waals surface area contributed by atoms with Gasteiger partial charge in [-0.25, -0.2) is 5.01 Å². The van der Waals surface area contributed by atoms with Gasteiger partial charge in [-0.1, -0.05) is 13.8 Å². The molecule has 0 aliphatic heterocycles. The zero-order valence-corrected chi connectivity index (χ0v) is 9.56. The lowest BCUT2D eigenvalue weighted by Gasteiger charge is -2.34. The Kier molecular flexibility index (Phi) is 6.49. The summed E-state index contributed by atoms with van der Waals surface area (Å²) in [5, 5.41) is 1.78. The Morgan fingerprint density at radius 1 is 1.31 bits per heavy atom. The van der Waals surface area contributed by atoms with E-state index in [1.807, 2.05) is 27.7 Å². The van der Waals surface area contributed by atoms with Crippen LogP contribution in [0.2, 0.25) is 0 Å². The van der Waals surface area contributed by atoms with Gasteiger partial charge in [0, 0.05) is 23.4 Å². The zero-order valence-electron chi connectivity index (χ0n) is 8.74. The van der Waals surface area contributed by atoms with Crippen molar-refractivity contribution in [3.05, 3.63) is 0 Å². The van der Waals surface area contributed by atoms with Crippen molar-refractivity contribution >= 4 is 11.3 Å². The number of hydrogen-bond acceptors (Lipinski definition) is 3. The monoisotopic (exact) mass is 207 g/mol. The fourth-order valence-corrected chi connectivity index (χ4v) is 1.63. The van der Waals surface area contributed by atoms with Crippen LogP contribution in [0.5, 0.6) is 0 Å². The second-order valence-electron chi connectivity index (χ2n) is 3.25. The van der Waals surface area contributed by atoms with E-state index in [2.05, 4.69) is 4.83 Å². The Labute approximate surface area is 83.1 Å². The van der Waals surface area contributed by atoms with Gasteiger partial charge in [0.15, 0.2) is 0 Å². The molecular formula is C8H19N2O2S-. The molecule has 0 aromatic rings. The molecule has 0 aromatic heterocycles. The van der Waals surface area contributed by atoms with Crippen LogP contribution < -0.4 is 4.83 Å². The van der Waals surface area contributed by atoms with Gasteiger partial charge in [0.05, 0.1) is 0 Å². The molecular weight excluding hydrogens is 188 g/mol. The fraction of sp³-hybridized carbons (Fsp3) is 1.00. The van der Waals surface area contributed by atoms with Gasteiger partial charge in [-0.2, -0.15) is 4.83 Å². The van der Waals surface area contributed by atoms with Crippen LogP contribution in [0.4, 0.5) is 0 Å². The zero-order chi connectivity index (χ0) is 10.4. The molecule has 13 heavy (non-hydrogen) atoms. The van der Waals surface area contributed by atoms with Crippen LogP contribution in [0.1, 0.15) is 40.5 Å². The maximum atomic E-state index is 10.5. The van der Waals surface area contributed by atoms with Gasteiger partial charge in [0.2, 0.25) is 0 Å². The van der Waals surface area contributed by atoms with Crippen molar-refractivity contribution in [2.24, 2.45) is 0 Å². The topological polar surface area (TPSA) is 55.4 Å². The minimum absolute atomic E-state index is 0.229. The van der Waals surface area contributed by atoms with E-state index in [4.69, 9.17) is 0 Å². The summed E-state index contributed by atoms with van der Waals surface area (Å²) in [6, 6.07) is 0.459. The minimum atomic E-state index is -2.21. The lowest BCUT2D eigenvalue weighted by molar-refractivity contribution is 0.117. The van der Waals surface area contributed by atoms with Gasteiger partial charge in [-0.15, -0.1) is 0 Å². The third kappa shape index (κ3) is 4.71. The van der Waals surface area contributed by atoms with Gasteiger partial charge in [-0.05, 0) is 26.7 Å². The molecule has 1 N–H and O–H groups in total. The highest BCUT2D eigenvalue weighted by atomic mass is 32.2. The summed E-state index contributed by atoms with van der Waals surface area (Å²) in [4.78, 5) is 2.43. The van der Waals surface area contributed by atoms with Crippen molar-refractivity contribution in [1.29, 1.82) is 0 Å². The predicted molar refractivity (Wildman–Crippen MR) is 53.4 cm³/mol. The number of hydrogen-bond donors (Lipinski definition) is 1. The van der Waals surface area contributed by atoms with Gasteiger partial charge < -0.3 is 4.55 Å². The number of rotatable bonds is 6. The Morgan fingerprint density at radius 2 is 1.69 bits per heavy atom. The molecule has 0 aliphatic rings. The molecule has 80 valence electrons. The van der Waals surface area contributed by atoms with E-state index < -0.39 is 11.3 Å². The number of hydrazine groups is 1. The van der Waals surface area contributed by atoms with Crippen molar-refractivity contribution in [2.75, 3.05) is 0 Å². The summed E-state index contributed by atoms with van der Waals surface area (Å²) in [7, 11) is 0. The summed E-state index contributed by atoms with van der Waals surface area (Å²) >= 11 is -2.21. The largest absolute Gasteiger partial charge is 0.759 e. The molecule has 0 amide bonds. The summed E-state index contributed by atoms with van der Waals surface area (Å²) in [6.45, 7) is 8.09. The van der Waals surface area contributed by atoms with Crippen LogP contribution in [0.25, 0.3) is 0 Å². The van der Waals surface area contributed by atoms with Crippen LogP contribution in [0.3, 0.4) is 0 Å². The first kappa shape index (κ1) is 13.0. The van der Waals surface area contributed by atoms with Gasteiger partial charge in [-0.3, -0.25) is 4.21 Å². The first-order valence-corrected chi connectivity index (χ1v) is 5.74. The average Bonchev–Trinajstić information content (AvgIpc) is 2.11. The van der Waals surface area contributed by atoms with Crippen LogP contribution in [-0.2, 0) is 11.3 Å². The molecule has 3 unspecified atom stereocenters. The highest BCUT2D eigenvalue weighted by Crippen LogP contribution is 2.08. The predicted octanol–water partition coefficient (Wildman–Crippen LogP) is 1.18. The average molecular weight is 207 g/mol. The van der Waals surface area contributed by atoms with Crippen molar-refractivity contribution in [1.82, 2.24) is 9.84 Å². The van der Waals surface area contributed by atoms with E-state index in [1.165, 1.54) is 0 Å². The molecule has 4 nitrogen and oxygen atoms in total. The Hall–Kier alpha value is 0.0300. The highest BCUT2D eigenvalue weighted by molar-refractivity contribution is 7.76. The third-order valence-electron chi connectivity index (χ3n) is 2.31. The summed E-state index contributed by atoms with van der Waals surface area (Å²) in [6.07, 6.45) is 1.85. The molecule has 0 heterocycles. The number of nitrogens with one attached hydrogen (secondary N) is 1. The van der Waals surface area contributed by atoms with E-state index in [-0.39, 0.29) is 12.1 Å². The molecule has 3 atom stereocenters. The van der Waals surface area contributed by atoms with E-state index >= 15 is 0 Å². The lowest BCUT2D eigenvalue weighted by Crippen LogP contribution is -2.49. The van der Waals surface area contributed by atoms with E-state index in [1.54, 1.807) is 5.01 Å². The van der Waals surface area contributed by atoms with E-state index in [0.717, 1.165) is 12.8 Å². The van der Waals surface area contributed by atoms with Crippen molar-refractivity contribution in [3.63, 3.8) is 0 Å². The summed E-state index contributed by atoms with van der Waals surface area (Å²) < 4.78 is 21.0. The van der Waals surface area contributed by atoms with Crippen LogP contribution >= 0.6 is 0 Å². The molecule has 0 aliphatic carbocycles. The Balaban J connectivity index is 4.26. The Bertz CT molecular complexity index is 156. The van der Waals surface area contributed by atoms with Gasteiger partial charge in [0.1, 0.15) is 0 Å². The Morgan fingerprint density at radius 3 is 1.92 bits per heavy atom. The first-order chi connectivity index (χ1) is 6.02. The molecule has 0 spiro atoms. The molecule has 5 heteroatoms. The first-order valence-electron chi connectivity index (χ1n) is 4.66. The number of nitrogens with zero attached hydrogens (tertiary/aromatic N) is 1. The van der Waals surface area contributed by atoms with Crippen LogP contribution in [0, 0.1) is 0 Å². The second-order valence-corrected chi connectivity index (χ2v) is 3.90. The standard InChI is InChI=1S/C8H20N2O2S/c1-5-7(3)10(8(4)6-2)9-13(11)12/h7-9H,5-6H2,1-4H3,(H,11,12)/p-1. The normalized spacial score (nSPS) is 18.6. The highest BCUT2D eigenvalue weighted by Gasteiger charge is 2.16. The maximum Gasteiger partial charge on any atom is 0.0326 e. The fourth-order valence-electron chi connectivity index (χ4n) is 1.09. The van der Waals surface area contributed by atoms with Crippen molar-refractivity contribution in [2.45, 2.75) is 52.6 Å². The molecule has 0 aromatic carbocycles. The summed E-state index contributed by atoms with van der Waals surface area (Å²) in [5.74, 6) is 0. The molecule has 0 rings (SSSR count). The molecule has 0 fully saturated rings.